The molecule has 0 aromatic carbocycles. The molecule has 0 saturated carbocycles. The number of hydrogen-bond donors (Lipinski definition) is 1. The van der Waals surface area contributed by atoms with Crippen LogP contribution in [0.3, 0.4) is 0 Å². The van der Waals surface area contributed by atoms with E-state index in [1.54, 1.807) is 4.68 Å². The van der Waals surface area contributed by atoms with Gasteiger partial charge in [0.15, 0.2) is 5.82 Å². The molecule has 1 atom stereocenters. The summed E-state index contributed by atoms with van der Waals surface area (Å²) >= 11 is 0. The summed E-state index contributed by atoms with van der Waals surface area (Å²) in [6.45, 7) is 6.05. The summed E-state index contributed by atoms with van der Waals surface area (Å²) < 4.78 is 1.75. The van der Waals surface area contributed by atoms with Crippen LogP contribution in [0.2, 0.25) is 0 Å². The average molecular weight is 168 g/mol. The Kier molecular flexibility index (Phi) is 2.47. The number of nitrogens with zero attached hydrogens (tertiary/aromatic N) is 3. The number of rotatable bonds is 2. The summed E-state index contributed by atoms with van der Waals surface area (Å²) in [6, 6.07) is -0.0510. The predicted octanol–water partition coefficient (Wildman–Crippen LogP) is 0.779. The van der Waals surface area contributed by atoms with Crippen LogP contribution >= 0.6 is 0 Å². The predicted molar refractivity (Wildman–Crippen MR) is 47.5 cm³/mol. The van der Waals surface area contributed by atoms with Crippen LogP contribution in [0.1, 0.15) is 31.5 Å². The smallest absolute Gasteiger partial charge is 0.167 e. The molecule has 2 N–H and O–H groups in total. The minimum absolute atomic E-state index is 0.0510. The van der Waals surface area contributed by atoms with Crippen molar-refractivity contribution in [2.75, 3.05) is 0 Å². The summed E-state index contributed by atoms with van der Waals surface area (Å²) in [6.07, 6.45) is 0. The fourth-order valence-electron chi connectivity index (χ4n) is 0.926. The maximum Gasteiger partial charge on any atom is 0.167 e. The van der Waals surface area contributed by atoms with Crippen molar-refractivity contribution in [2.45, 2.75) is 26.8 Å². The Balaban J connectivity index is 2.89. The maximum atomic E-state index is 5.88. The first-order valence-electron chi connectivity index (χ1n) is 4.15. The van der Waals surface area contributed by atoms with Crippen molar-refractivity contribution < 1.29 is 0 Å². The molecule has 0 aliphatic carbocycles. The second-order valence-corrected chi connectivity index (χ2v) is 3.41. The minimum Gasteiger partial charge on any atom is -0.321 e. The fraction of sp³-hybridized carbons (Fsp3) is 0.750. The van der Waals surface area contributed by atoms with Gasteiger partial charge in [0.2, 0.25) is 0 Å². The summed E-state index contributed by atoms with van der Waals surface area (Å²) in [5.41, 5.74) is 5.88. The molecule has 0 saturated heterocycles. The molecule has 4 heteroatoms. The Morgan fingerprint density at radius 1 is 1.42 bits per heavy atom. The maximum absolute atomic E-state index is 5.88. The topological polar surface area (TPSA) is 56.7 Å². The van der Waals surface area contributed by atoms with E-state index in [0.717, 1.165) is 11.6 Å². The highest BCUT2D eigenvalue weighted by molar-refractivity contribution is 4.96. The van der Waals surface area contributed by atoms with Gasteiger partial charge in [-0.25, -0.2) is 4.98 Å². The van der Waals surface area contributed by atoms with E-state index in [1.165, 1.54) is 0 Å². The van der Waals surface area contributed by atoms with Crippen LogP contribution in [0.25, 0.3) is 0 Å². The van der Waals surface area contributed by atoms with E-state index in [1.807, 2.05) is 14.0 Å². The van der Waals surface area contributed by atoms with E-state index >= 15 is 0 Å². The molecule has 0 spiro atoms. The lowest BCUT2D eigenvalue weighted by Crippen LogP contribution is -2.18. The van der Waals surface area contributed by atoms with Crippen molar-refractivity contribution in [1.29, 1.82) is 0 Å². The van der Waals surface area contributed by atoms with Crippen LogP contribution < -0.4 is 5.73 Å². The Morgan fingerprint density at radius 3 is 2.33 bits per heavy atom. The Labute approximate surface area is 72.8 Å². The van der Waals surface area contributed by atoms with Crippen LogP contribution in [-0.2, 0) is 7.05 Å². The lowest BCUT2D eigenvalue weighted by molar-refractivity contribution is 0.487. The van der Waals surface area contributed by atoms with Crippen LogP contribution in [0.4, 0.5) is 0 Å². The first-order valence-corrected chi connectivity index (χ1v) is 4.15. The van der Waals surface area contributed by atoms with Gasteiger partial charge in [-0.2, -0.15) is 5.10 Å². The minimum atomic E-state index is -0.0510. The molecule has 0 fully saturated rings. The van der Waals surface area contributed by atoms with Crippen LogP contribution in [0.15, 0.2) is 0 Å². The molecular weight excluding hydrogens is 152 g/mol. The largest absolute Gasteiger partial charge is 0.321 e. The molecule has 1 aromatic rings. The Hall–Kier alpha value is -0.900. The third-order valence-corrected chi connectivity index (χ3v) is 2.01. The number of aromatic nitrogens is 3. The van der Waals surface area contributed by atoms with Gasteiger partial charge in [-0.05, 0) is 12.8 Å². The second-order valence-electron chi connectivity index (χ2n) is 3.41. The van der Waals surface area contributed by atoms with E-state index in [2.05, 4.69) is 23.9 Å². The SMILES string of the molecule is Cc1nc([C@H](N)C(C)C)nn1C. The van der Waals surface area contributed by atoms with Gasteiger partial charge in [0.05, 0.1) is 6.04 Å². The fourth-order valence-corrected chi connectivity index (χ4v) is 0.926. The highest BCUT2D eigenvalue weighted by atomic mass is 15.3. The molecular formula is C8H16N4. The molecule has 68 valence electrons. The van der Waals surface area contributed by atoms with Crippen molar-refractivity contribution in [3.63, 3.8) is 0 Å². The van der Waals surface area contributed by atoms with E-state index < -0.39 is 0 Å². The molecule has 0 radical (unpaired) electrons. The van der Waals surface area contributed by atoms with E-state index in [0.29, 0.717) is 5.92 Å². The molecule has 0 unspecified atom stereocenters. The molecule has 0 aliphatic rings. The summed E-state index contributed by atoms with van der Waals surface area (Å²) in [7, 11) is 1.87. The molecule has 1 rings (SSSR count). The third-order valence-electron chi connectivity index (χ3n) is 2.01. The van der Waals surface area contributed by atoms with Gasteiger partial charge in [0.1, 0.15) is 5.82 Å². The molecule has 0 amide bonds. The van der Waals surface area contributed by atoms with Crippen molar-refractivity contribution >= 4 is 0 Å². The van der Waals surface area contributed by atoms with Gasteiger partial charge < -0.3 is 5.73 Å². The van der Waals surface area contributed by atoms with E-state index in [-0.39, 0.29) is 6.04 Å². The van der Waals surface area contributed by atoms with Gasteiger partial charge in [-0.15, -0.1) is 0 Å². The lowest BCUT2D eigenvalue weighted by Gasteiger charge is -2.10. The molecule has 1 aromatic heterocycles. The summed E-state index contributed by atoms with van der Waals surface area (Å²) in [5, 5.41) is 4.21. The number of hydrogen-bond acceptors (Lipinski definition) is 3. The monoisotopic (exact) mass is 168 g/mol. The zero-order chi connectivity index (χ0) is 9.30. The molecule has 4 nitrogen and oxygen atoms in total. The van der Waals surface area contributed by atoms with Gasteiger partial charge >= 0.3 is 0 Å². The van der Waals surface area contributed by atoms with Crippen molar-refractivity contribution in [1.82, 2.24) is 14.8 Å². The van der Waals surface area contributed by atoms with Crippen LogP contribution in [0.5, 0.6) is 0 Å². The average Bonchev–Trinajstić information content (AvgIpc) is 2.30. The summed E-state index contributed by atoms with van der Waals surface area (Å²) in [5.74, 6) is 2.03. The van der Waals surface area contributed by atoms with Crippen molar-refractivity contribution in [3.8, 4) is 0 Å². The van der Waals surface area contributed by atoms with Crippen LogP contribution in [-0.4, -0.2) is 14.8 Å². The molecule has 12 heavy (non-hydrogen) atoms. The van der Waals surface area contributed by atoms with Crippen molar-refractivity contribution in [2.24, 2.45) is 18.7 Å². The Morgan fingerprint density at radius 2 is 2.00 bits per heavy atom. The lowest BCUT2D eigenvalue weighted by atomic mass is 10.1. The van der Waals surface area contributed by atoms with E-state index in [4.69, 9.17) is 5.73 Å². The first-order chi connectivity index (χ1) is 5.52. The Bertz CT molecular complexity index is 245. The van der Waals surface area contributed by atoms with Gasteiger partial charge in [-0.1, -0.05) is 13.8 Å². The second kappa shape index (κ2) is 3.23. The standard InChI is InChI=1S/C8H16N4/c1-5(2)7(9)8-10-6(3)12(4)11-8/h5,7H,9H2,1-4H3/t7-/m1/s1. The molecule has 0 aliphatic heterocycles. The molecule has 0 bridgehead atoms. The highest BCUT2D eigenvalue weighted by Crippen LogP contribution is 2.14. The first kappa shape index (κ1) is 9.19. The molecule has 1 heterocycles. The number of aryl methyl sites for hydroxylation is 2. The van der Waals surface area contributed by atoms with E-state index in [9.17, 15) is 0 Å². The van der Waals surface area contributed by atoms with Gasteiger partial charge in [0.25, 0.3) is 0 Å². The number of nitrogens with two attached hydrogens (primary N) is 1. The normalized spacial score (nSPS) is 13.8. The van der Waals surface area contributed by atoms with Gasteiger partial charge in [0, 0.05) is 7.05 Å². The zero-order valence-corrected chi connectivity index (χ0v) is 8.07. The van der Waals surface area contributed by atoms with Crippen LogP contribution in [0, 0.1) is 12.8 Å². The third kappa shape index (κ3) is 1.64. The summed E-state index contributed by atoms with van der Waals surface area (Å²) in [4.78, 5) is 4.26. The quantitative estimate of drug-likeness (QED) is 0.710. The zero-order valence-electron chi connectivity index (χ0n) is 8.07. The van der Waals surface area contributed by atoms with Gasteiger partial charge in [-0.3, -0.25) is 4.68 Å². The highest BCUT2D eigenvalue weighted by Gasteiger charge is 2.15. The van der Waals surface area contributed by atoms with Crippen molar-refractivity contribution in [3.05, 3.63) is 11.6 Å².